The first kappa shape index (κ1) is 12.4. The maximum absolute atomic E-state index is 4.33. The van der Waals surface area contributed by atoms with E-state index in [0.29, 0.717) is 0 Å². The van der Waals surface area contributed by atoms with Gasteiger partial charge < -0.3 is 5.32 Å². The van der Waals surface area contributed by atoms with Gasteiger partial charge >= 0.3 is 0 Å². The molecule has 0 spiro atoms. The number of aromatic nitrogens is 2. The lowest BCUT2D eigenvalue weighted by atomic mass is 10.2. The zero-order valence-corrected chi connectivity index (χ0v) is 11.3. The lowest BCUT2D eigenvalue weighted by Crippen LogP contribution is -2.42. The van der Waals surface area contributed by atoms with E-state index in [1.807, 2.05) is 17.1 Å². The van der Waals surface area contributed by atoms with Crippen molar-refractivity contribution in [2.45, 2.75) is 13.5 Å². The molecule has 0 amide bonds. The molecule has 1 aliphatic heterocycles. The molecule has 100 valence electrons. The Morgan fingerprint density at radius 2 is 1.89 bits per heavy atom. The van der Waals surface area contributed by atoms with Crippen LogP contribution in [0.2, 0.25) is 0 Å². The minimum Gasteiger partial charge on any atom is -0.314 e. The van der Waals surface area contributed by atoms with Crippen molar-refractivity contribution in [1.29, 1.82) is 0 Å². The van der Waals surface area contributed by atoms with Gasteiger partial charge in [0.25, 0.3) is 0 Å². The Bertz CT molecular complexity index is 523. The molecule has 1 aromatic carbocycles. The molecule has 4 nitrogen and oxygen atoms in total. The van der Waals surface area contributed by atoms with Gasteiger partial charge in [-0.05, 0) is 30.2 Å². The van der Waals surface area contributed by atoms with E-state index in [1.165, 1.54) is 11.1 Å². The van der Waals surface area contributed by atoms with E-state index < -0.39 is 0 Å². The molecule has 4 heteroatoms. The van der Waals surface area contributed by atoms with Crippen molar-refractivity contribution in [2.75, 3.05) is 26.2 Å². The summed E-state index contributed by atoms with van der Waals surface area (Å²) in [5, 5.41) is 7.71. The van der Waals surface area contributed by atoms with Crippen molar-refractivity contribution >= 4 is 0 Å². The predicted molar refractivity (Wildman–Crippen MR) is 76.4 cm³/mol. The van der Waals surface area contributed by atoms with E-state index in [0.717, 1.165) is 38.4 Å². The maximum atomic E-state index is 4.33. The Kier molecular flexibility index (Phi) is 3.62. The summed E-state index contributed by atoms with van der Waals surface area (Å²) in [4.78, 5) is 2.49. The van der Waals surface area contributed by atoms with Crippen molar-refractivity contribution in [3.8, 4) is 5.69 Å². The molecule has 0 bridgehead atoms. The molecule has 1 aromatic heterocycles. The molecule has 1 aliphatic rings. The van der Waals surface area contributed by atoms with Gasteiger partial charge in [0, 0.05) is 38.9 Å². The zero-order valence-electron chi connectivity index (χ0n) is 11.3. The van der Waals surface area contributed by atoms with Gasteiger partial charge in [-0.15, -0.1) is 0 Å². The van der Waals surface area contributed by atoms with Crippen molar-refractivity contribution in [1.82, 2.24) is 20.0 Å². The molecule has 3 rings (SSSR count). The summed E-state index contributed by atoms with van der Waals surface area (Å²) in [6.07, 6.45) is 3.93. The van der Waals surface area contributed by atoms with E-state index in [4.69, 9.17) is 0 Å². The van der Waals surface area contributed by atoms with Gasteiger partial charge in [0.15, 0.2) is 0 Å². The largest absolute Gasteiger partial charge is 0.314 e. The van der Waals surface area contributed by atoms with Gasteiger partial charge in [-0.1, -0.05) is 12.1 Å². The monoisotopic (exact) mass is 256 g/mol. The minimum absolute atomic E-state index is 1.04. The topological polar surface area (TPSA) is 33.1 Å². The highest BCUT2D eigenvalue weighted by Crippen LogP contribution is 2.12. The molecule has 19 heavy (non-hydrogen) atoms. The van der Waals surface area contributed by atoms with Crippen molar-refractivity contribution in [3.05, 3.63) is 47.8 Å². The molecule has 1 saturated heterocycles. The smallest absolute Gasteiger partial charge is 0.0645 e. The lowest BCUT2D eigenvalue weighted by Gasteiger charge is -2.27. The fraction of sp³-hybridized carbons (Fsp3) is 0.400. The molecular formula is C15H20N4. The Morgan fingerprint density at radius 1 is 1.16 bits per heavy atom. The van der Waals surface area contributed by atoms with Crippen LogP contribution in [0.5, 0.6) is 0 Å². The van der Waals surface area contributed by atoms with Crippen molar-refractivity contribution in [2.24, 2.45) is 0 Å². The molecule has 0 atom stereocenters. The standard InChI is InChI=1S/C15H20N4/c1-13-10-17-19(11-13)15-4-2-14(3-5-15)12-18-8-6-16-7-9-18/h2-5,10-11,16H,6-9,12H2,1H3. The normalized spacial score (nSPS) is 16.7. The van der Waals surface area contributed by atoms with Crippen LogP contribution in [-0.4, -0.2) is 40.9 Å². The van der Waals surface area contributed by atoms with Crippen molar-refractivity contribution < 1.29 is 0 Å². The highest BCUT2D eigenvalue weighted by Gasteiger charge is 2.09. The predicted octanol–water partition coefficient (Wildman–Crippen LogP) is 1.59. The van der Waals surface area contributed by atoms with E-state index in [-0.39, 0.29) is 0 Å². The molecule has 0 saturated carbocycles. The number of nitrogens with one attached hydrogen (secondary N) is 1. The van der Waals surface area contributed by atoms with Crippen LogP contribution in [0.25, 0.3) is 5.69 Å². The second-order valence-corrected chi connectivity index (χ2v) is 5.15. The summed E-state index contributed by atoms with van der Waals surface area (Å²) in [7, 11) is 0. The van der Waals surface area contributed by atoms with Crippen LogP contribution in [0.4, 0.5) is 0 Å². The molecule has 1 fully saturated rings. The Morgan fingerprint density at radius 3 is 2.53 bits per heavy atom. The van der Waals surface area contributed by atoms with Gasteiger partial charge in [-0.25, -0.2) is 4.68 Å². The first-order valence-corrected chi connectivity index (χ1v) is 6.85. The summed E-state index contributed by atoms with van der Waals surface area (Å²) in [6.45, 7) is 7.58. The molecule has 0 aliphatic carbocycles. The number of aryl methyl sites for hydroxylation is 1. The van der Waals surface area contributed by atoms with Crippen LogP contribution < -0.4 is 5.32 Å². The summed E-state index contributed by atoms with van der Waals surface area (Å²) < 4.78 is 1.92. The fourth-order valence-corrected chi connectivity index (χ4v) is 2.44. The Hall–Kier alpha value is -1.65. The molecule has 0 unspecified atom stereocenters. The number of rotatable bonds is 3. The zero-order chi connectivity index (χ0) is 13.1. The first-order chi connectivity index (χ1) is 9.31. The third-order valence-electron chi connectivity index (χ3n) is 3.53. The number of piperazine rings is 1. The highest BCUT2D eigenvalue weighted by molar-refractivity contribution is 5.34. The molecule has 1 N–H and O–H groups in total. The number of hydrogen-bond donors (Lipinski definition) is 1. The number of benzene rings is 1. The SMILES string of the molecule is Cc1cnn(-c2ccc(CN3CCNCC3)cc2)c1. The van der Waals surface area contributed by atoms with Crippen LogP contribution in [0.3, 0.4) is 0 Å². The van der Waals surface area contributed by atoms with Gasteiger partial charge in [-0.3, -0.25) is 4.90 Å². The maximum Gasteiger partial charge on any atom is 0.0645 e. The average Bonchev–Trinajstić information content (AvgIpc) is 2.87. The summed E-state index contributed by atoms with van der Waals surface area (Å²) >= 11 is 0. The number of nitrogens with zero attached hydrogens (tertiary/aromatic N) is 3. The van der Waals surface area contributed by atoms with E-state index in [1.54, 1.807) is 0 Å². The minimum atomic E-state index is 1.04. The van der Waals surface area contributed by atoms with Gasteiger partial charge in [0.1, 0.15) is 0 Å². The van der Waals surface area contributed by atoms with E-state index in [9.17, 15) is 0 Å². The van der Waals surface area contributed by atoms with Crippen molar-refractivity contribution in [3.63, 3.8) is 0 Å². The first-order valence-electron chi connectivity index (χ1n) is 6.85. The quantitative estimate of drug-likeness (QED) is 0.905. The van der Waals surface area contributed by atoms with Gasteiger partial charge in [0.05, 0.1) is 11.9 Å². The summed E-state index contributed by atoms with van der Waals surface area (Å²) in [5.74, 6) is 0. The molecule has 2 heterocycles. The summed E-state index contributed by atoms with van der Waals surface area (Å²) in [5.41, 5.74) is 3.68. The van der Waals surface area contributed by atoms with Crippen LogP contribution in [0.1, 0.15) is 11.1 Å². The highest BCUT2D eigenvalue weighted by atomic mass is 15.3. The second kappa shape index (κ2) is 5.55. The van der Waals surface area contributed by atoms with E-state index >= 15 is 0 Å². The van der Waals surface area contributed by atoms with Crippen LogP contribution in [0, 0.1) is 6.92 Å². The second-order valence-electron chi connectivity index (χ2n) is 5.15. The Labute approximate surface area is 114 Å². The molecule has 0 radical (unpaired) electrons. The van der Waals surface area contributed by atoms with E-state index in [2.05, 4.69) is 46.5 Å². The lowest BCUT2D eigenvalue weighted by molar-refractivity contribution is 0.233. The van der Waals surface area contributed by atoms with Crippen LogP contribution >= 0.6 is 0 Å². The molecular weight excluding hydrogens is 236 g/mol. The van der Waals surface area contributed by atoms with Gasteiger partial charge in [-0.2, -0.15) is 5.10 Å². The van der Waals surface area contributed by atoms with Crippen LogP contribution in [-0.2, 0) is 6.54 Å². The number of hydrogen-bond acceptors (Lipinski definition) is 3. The fourth-order valence-electron chi connectivity index (χ4n) is 2.44. The Balaban J connectivity index is 1.68. The van der Waals surface area contributed by atoms with Crippen LogP contribution in [0.15, 0.2) is 36.7 Å². The molecule has 2 aromatic rings. The third kappa shape index (κ3) is 3.03. The third-order valence-corrected chi connectivity index (χ3v) is 3.53. The average molecular weight is 256 g/mol. The van der Waals surface area contributed by atoms with Gasteiger partial charge in [0.2, 0.25) is 0 Å². The summed E-state index contributed by atoms with van der Waals surface area (Å²) in [6, 6.07) is 8.69.